The van der Waals surface area contributed by atoms with Crippen molar-refractivity contribution in [2.75, 3.05) is 19.8 Å². The number of esters is 2. The van der Waals surface area contributed by atoms with Gasteiger partial charge in [-0.05, 0) is 55.7 Å². The molecule has 2 aromatic carbocycles. The average molecular weight is 1190 g/mol. The molecule has 0 unspecified atom stereocenters. The molecule has 10 atom stereocenters. The van der Waals surface area contributed by atoms with Crippen molar-refractivity contribution in [2.45, 2.75) is 319 Å². The second-order valence-corrected chi connectivity index (χ2v) is 24.2. The van der Waals surface area contributed by atoms with E-state index in [1.807, 2.05) is 0 Å². The highest BCUT2D eigenvalue weighted by molar-refractivity contribution is 6.09. The van der Waals surface area contributed by atoms with Crippen molar-refractivity contribution < 1.29 is 73.4 Å². The van der Waals surface area contributed by atoms with Crippen molar-refractivity contribution in [1.82, 2.24) is 0 Å². The summed E-state index contributed by atoms with van der Waals surface area (Å²) in [6, 6.07) is 12.8. The predicted octanol–water partition coefficient (Wildman–Crippen LogP) is 13.5. The highest BCUT2D eigenvalue weighted by Crippen LogP contribution is 2.30. The molecule has 0 saturated carbocycles. The molecular formula is C70H112O15. The molecule has 0 bridgehead atoms. The number of ether oxygens (including phenoxy) is 6. The molecule has 2 saturated heterocycles. The fourth-order valence-electron chi connectivity index (χ4n) is 11.3. The van der Waals surface area contributed by atoms with E-state index in [0.717, 1.165) is 38.5 Å². The highest BCUT2D eigenvalue weighted by atomic mass is 16.8. The molecule has 2 aromatic rings. The number of rotatable bonds is 50. The van der Waals surface area contributed by atoms with Gasteiger partial charge in [0.05, 0.1) is 12.2 Å². The molecule has 0 aliphatic carbocycles. The van der Waals surface area contributed by atoms with E-state index in [9.17, 15) is 45.0 Å². The number of terminal acetylenes is 1. The van der Waals surface area contributed by atoms with Crippen molar-refractivity contribution >= 4 is 17.7 Å². The van der Waals surface area contributed by atoms with E-state index >= 15 is 0 Å². The van der Waals surface area contributed by atoms with Crippen LogP contribution in [0.1, 0.15) is 284 Å². The van der Waals surface area contributed by atoms with E-state index in [-0.39, 0.29) is 17.8 Å². The fraction of sp³-hybridized carbons (Fsp3) is 0.757. The van der Waals surface area contributed by atoms with Crippen LogP contribution in [-0.4, -0.2) is 130 Å². The quantitative estimate of drug-likeness (QED) is 0.0157. The number of unbranched alkanes of at least 4 members (excludes halogenated alkanes) is 36. The number of benzene rings is 2. The summed E-state index contributed by atoms with van der Waals surface area (Å²) in [6.45, 7) is 1.79. The number of aliphatic hydroxyl groups is 6. The lowest BCUT2D eigenvalue weighted by molar-refractivity contribution is -0.376. The molecule has 85 heavy (non-hydrogen) atoms. The first-order valence-electron chi connectivity index (χ1n) is 33.6. The predicted molar refractivity (Wildman–Crippen MR) is 332 cm³/mol. The van der Waals surface area contributed by atoms with Gasteiger partial charge in [-0.3, -0.25) is 9.59 Å². The number of hydrogen-bond acceptors (Lipinski definition) is 15. The van der Waals surface area contributed by atoms with Crippen LogP contribution >= 0.6 is 0 Å². The Balaban J connectivity index is 1.05. The normalized spacial score (nSPS) is 22.2. The number of carbonyl (C=O) groups excluding carboxylic acids is 3. The summed E-state index contributed by atoms with van der Waals surface area (Å²) in [4.78, 5) is 39.1. The van der Waals surface area contributed by atoms with Crippen LogP contribution in [0.15, 0.2) is 48.5 Å². The van der Waals surface area contributed by atoms with Crippen molar-refractivity contribution in [3.63, 3.8) is 0 Å². The van der Waals surface area contributed by atoms with Gasteiger partial charge in [0.25, 0.3) is 0 Å². The highest BCUT2D eigenvalue weighted by Gasteiger charge is 2.50. The van der Waals surface area contributed by atoms with Gasteiger partial charge < -0.3 is 59.1 Å². The molecule has 2 fully saturated rings. The van der Waals surface area contributed by atoms with Crippen molar-refractivity contribution in [3.8, 4) is 18.1 Å². The van der Waals surface area contributed by atoms with Crippen molar-refractivity contribution in [1.29, 1.82) is 0 Å². The lowest BCUT2D eigenvalue weighted by atomic mass is 9.98. The number of hydrogen-bond donors (Lipinski definition) is 6. The minimum absolute atomic E-state index is 0.0874. The third-order valence-electron chi connectivity index (χ3n) is 16.9. The van der Waals surface area contributed by atoms with Crippen LogP contribution < -0.4 is 4.74 Å². The Morgan fingerprint density at radius 3 is 1.16 bits per heavy atom. The van der Waals surface area contributed by atoms with Gasteiger partial charge in [0.15, 0.2) is 18.4 Å². The third kappa shape index (κ3) is 30.7. The minimum atomic E-state index is -1.89. The van der Waals surface area contributed by atoms with E-state index in [1.165, 1.54) is 223 Å². The summed E-state index contributed by atoms with van der Waals surface area (Å²) in [5.74, 6) is 1.81. The summed E-state index contributed by atoms with van der Waals surface area (Å²) >= 11 is 0. The molecule has 4 rings (SSSR count). The molecule has 2 heterocycles. The van der Waals surface area contributed by atoms with E-state index in [1.54, 1.807) is 24.3 Å². The van der Waals surface area contributed by atoms with Crippen LogP contribution in [0.5, 0.6) is 5.75 Å². The Hall–Kier alpha value is -3.95. The zero-order valence-electron chi connectivity index (χ0n) is 52.0. The zero-order chi connectivity index (χ0) is 61.1. The average Bonchev–Trinajstić information content (AvgIpc) is 3.37. The van der Waals surface area contributed by atoms with Gasteiger partial charge >= 0.3 is 11.9 Å². The number of ketones is 1. The van der Waals surface area contributed by atoms with E-state index in [2.05, 4.69) is 12.8 Å². The Labute approximate surface area is 511 Å². The maximum atomic E-state index is 13.3. The molecule has 15 nitrogen and oxygen atoms in total. The summed E-state index contributed by atoms with van der Waals surface area (Å²) < 4.78 is 33.7. The third-order valence-corrected chi connectivity index (χ3v) is 16.9. The van der Waals surface area contributed by atoms with Gasteiger partial charge in [-0.1, -0.05) is 237 Å². The molecule has 2 aliphatic rings. The molecule has 0 spiro atoms. The molecule has 15 heteroatoms. The van der Waals surface area contributed by atoms with Gasteiger partial charge in [-0.25, -0.2) is 4.79 Å². The molecule has 0 amide bonds. The number of aliphatic hydroxyl groups excluding tert-OH is 6. The first-order valence-corrected chi connectivity index (χ1v) is 33.6. The van der Waals surface area contributed by atoms with E-state index in [4.69, 9.17) is 34.8 Å². The van der Waals surface area contributed by atoms with Crippen LogP contribution in [0.2, 0.25) is 0 Å². The molecule has 6 N–H and O–H groups in total. The molecule has 482 valence electrons. The van der Waals surface area contributed by atoms with Crippen LogP contribution in [0.25, 0.3) is 0 Å². The second kappa shape index (κ2) is 46.2. The van der Waals surface area contributed by atoms with Gasteiger partial charge in [-0.2, -0.15) is 0 Å². The van der Waals surface area contributed by atoms with E-state index < -0.39 is 86.6 Å². The maximum absolute atomic E-state index is 13.3. The topological polar surface area (TPSA) is 228 Å². The van der Waals surface area contributed by atoms with Crippen LogP contribution in [-0.2, 0) is 28.5 Å². The maximum Gasteiger partial charge on any atom is 0.338 e. The van der Waals surface area contributed by atoms with Crippen LogP contribution in [0.4, 0.5) is 0 Å². The first-order chi connectivity index (χ1) is 41.4. The Morgan fingerprint density at radius 1 is 0.424 bits per heavy atom. The van der Waals surface area contributed by atoms with Crippen molar-refractivity contribution in [3.05, 3.63) is 65.2 Å². The summed E-state index contributed by atoms with van der Waals surface area (Å²) in [7, 11) is 0. The molecular weight excluding hydrogens is 1080 g/mol. The summed E-state index contributed by atoms with van der Waals surface area (Å²) in [5, 5.41) is 64.4. The van der Waals surface area contributed by atoms with Crippen LogP contribution in [0, 0.1) is 12.3 Å². The van der Waals surface area contributed by atoms with Gasteiger partial charge in [0.2, 0.25) is 0 Å². The second-order valence-electron chi connectivity index (χ2n) is 24.2. The van der Waals surface area contributed by atoms with Crippen molar-refractivity contribution in [2.24, 2.45) is 0 Å². The Bertz CT molecular complexity index is 2060. The van der Waals surface area contributed by atoms with Crippen LogP contribution in [0.3, 0.4) is 0 Å². The zero-order valence-corrected chi connectivity index (χ0v) is 52.0. The summed E-state index contributed by atoms with van der Waals surface area (Å²) in [5.41, 5.74) is 0.874. The van der Waals surface area contributed by atoms with E-state index in [0.29, 0.717) is 29.9 Å². The SMILES string of the molecule is C#CCCCCCCCCCCCCCCCCCCCCOc1ccc(C(=O)c2ccc(C(=O)OC[C@H]3O[C@H](O[C@H]4O[C@H](COC(=O)CCCCCCCCCCCCCCCCCCCCC)[C@@H](O)[C@H](O)[C@H]4O)[C@H](O)[C@@H](O)[C@@H]3O)cc2)cc1. The monoisotopic (exact) mass is 1190 g/mol. The van der Waals surface area contributed by atoms with Gasteiger partial charge in [0.1, 0.15) is 67.8 Å². The minimum Gasteiger partial charge on any atom is -0.494 e. The number of carbonyl (C=O) groups is 3. The Kier molecular flexibility index (Phi) is 40.0. The smallest absolute Gasteiger partial charge is 0.338 e. The summed E-state index contributed by atoms with van der Waals surface area (Å²) in [6.07, 6.45) is 36.0. The standard InChI is InChI=1S/C70H112O15/c1-3-5-7-9-11-13-15-17-19-21-23-25-27-29-31-33-35-37-39-41-51-80-57-49-47-55(48-50-57)61(72)54-43-45-56(46-44-54)68(79)82-53-59-63(74)65(76)67(78)70(84-59)85-69-66(77)64(75)62(73)58(83-69)52-81-60(71)42-40-38-36-34-32-30-28-26-24-22-20-18-16-14-12-10-8-6-4-2/h1,43-50,58-59,62-67,69-70,73-78H,4-42,51-53H2,2H3/t58-,59-,62-,63-,64+,65+,66-,67-,69-,70-/m1/s1. The van der Waals surface area contributed by atoms with Gasteiger partial charge in [-0.15, -0.1) is 12.3 Å². The largest absolute Gasteiger partial charge is 0.494 e. The molecule has 0 aromatic heterocycles. The molecule has 0 radical (unpaired) electrons. The Morgan fingerprint density at radius 2 is 0.765 bits per heavy atom. The van der Waals surface area contributed by atoms with Gasteiger partial charge in [0, 0.05) is 24.0 Å². The fourth-order valence-corrected chi connectivity index (χ4v) is 11.3. The molecule has 2 aliphatic heterocycles. The first kappa shape index (κ1) is 73.5. The lowest BCUT2D eigenvalue weighted by Crippen LogP contribution is -2.64. The lowest BCUT2D eigenvalue weighted by Gasteiger charge is -2.44.